The van der Waals surface area contributed by atoms with Crippen LogP contribution in [-0.2, 0) is 25.1 Å². The quantitative estimate of drug-likeness (QED) is 0.746. The van der Waals surface area contributed by atoms with Crippen LogP contribution in [0.25, 0.3) is 0 Å². The van der Waals surface area contributed by atoms with Crippen LogP contribution in [0.1, 0.15) is 25.1 Å². The summed E-state index contributed by atoms with van der Waals surface area (Å²) in [5, 5.41) is 7.42. The molecule has 0 aromatic carbocycles. The van der Waals surface area contributed by atoms with Crippen molar-refractivity contribution in [3.8, 4) is 0 Å². The highest BCUT2D eigenvalue weighted by molar-refractivity contribution is 8.13. The van der Waals surface area contributed by atoms with Gasteiger partial charge in [0.05, 0.1) is 19.3 Å². The molecular weight excluding hydrogens is 294 g/mol. The van der Waals surface area contributed by atoms with Crippen molar-refractivity contribution in [3.63, 3.8) is 0 Å². The summed E-state index contributed by atoms with van der Waals surface area (Å²) in [6.07, 6.45) is 0.918. The van der Waals surface area contributed by atoms with Crippen LogP contribution < -0.4 is 0 Å². The molecule has 9 heteroatoms. The minimum atomic E-state index is -3.92. The highest BCUT2D eigenvalue weighted by atomic mass is 35.7. The molecule has 1 aliphatic heterocycles. The SMILES string of the molecule is COCCn1c(C2COC(C)C2)nnc1S(=O)(=O)Cl. The van der Waals surface area contributed by atoms with Crippen LogP contribution >= 0.6 is 10.7 Å². The molecule has 0 amide bonds. The van der Waals surface area contributed by atoms with Gasteiger partial charge in [-0.3, -0.25) is 4.57 Å². The highest BCUT2D eigenvalue weighted by Gasteiger charge is 2.31. The van der Waals surface area contributed by atoms with Gasteiger partial charge >= 0.3 is 0 Å². The lowest BCUT2D eigenvalue weighted by Crippen LogP contribution is -2.16. The Kier molecular flexibility index (Phi) is 4.44. The maximum Gasteiger partial charge on any atom is 0.296 e. The van der Waals surface area contributed by atoms with E-state index in [0.29, 0.717) is 25.6 Å². The number of rotatable bonds is 5. The first-order valence-corrected chi connectivity index (χ1v) is 8.22. The second-order valence-corrected chi connectivity index (χ2v) is 6.96. The fraction of sp³-hybridized carbons (Fsp3) is 0.800. The second-order valence-electron chi connectivity index (χ2n) is 4.50. The van der Waals surface area contributed by atoms with Crippen molar-refractivity contribution >= 4 is 19.7 Å². The van der Waals surface area contributed by atoms with E-state index < -0.39 is 9.05 Å². The molecule has 2 unspecified atom stereocenters. The van der Waals surface area contributed by atoms with Gasteiger partial charge in [0.2, 0.25) is 0 Å². The number of hydrogen-bond donors (Lipinski definition) is 0. The number of ether oxygens (including phenoxy) is 2. The van der Waals surface area contributed by atoms with Gasteiger partial charge in [0.15, 0.2) is 0 Å². The van der Waals surface area contributed by atoms with Crippen molar-refractivity contribution in [1.82, 2.24) is 14.8 Å². The first-order chi connectivity index (χ1) is 8.93. The lowest BCUT2D eigenvalue weighted by molar-refractivity contribution is 0.123. The van der Waals surface area contributed by atoms with Crippen LogP contribution in [0.4, 0.5) is 0 Å². The first-order valence-electron chi connectivity index (χ1n) is 5.91. The molecule has 0 spiro atoms. The Hall–Kier alpha value is -0.700. The zero-order valence-corrected chi connectivity index (χ0v) is 12.3. The molecule has 0 aliphatic carbocycles. The van der Waals surface area contributed by atoms with Crippen LogP contribution in [0.15, 0.2) is 5.16 Å². The van der Waals surface area contributed by atoms with Gasteiger partial charge in [0, 0.05) is 30.3 Å². The van der Waals surface area contributed by atoms with Crippen molar-refractivity contribution in [2.24, 2.45) is 0 Å². The third kappa shape index (κ3) is 3.25. The molecule has 19 heavy (non-hydrogen) atoms. The third-order valence-electron chi connectivity index (χ3n) is 3.05. The lowest BCUT2D eigenvalue weighted by Gasteiger charge is -2.11. The van der Waals surface area contributed by atoms with Gasteiger partial charge in [-0.25, -0.2) is 8.42 Å². The Morgan fingerprint density at radius 1 is 1.53 bits per heavy atom. The Balaban J connectivity index is 2.35. The van der Waals surface area contributed by atoms with E-state index in [9.17, 15) is 8.42 Å². The Bertz CT molecular complexity index is 545. The highest BCUT2D eigenvalue weighted by Crippen LogP contribution is 2.29. The van der Waals surface area contributed by atoms with Gasteiger partial charge < -0.3 is 9.47 Å². The maximum absolute atomic E-state index is 11.5. The third-order valence-corrected chi connectivity index (χ3v) is 4.20. The van der Waals surface area contributed by atoms with Crippen molar-refractivity contribution in [3.05, 3.63) is 5.82 Å². The van der Waals surface area contributed by atoms with Gasteiger partial charge in [-0.05, 0) is 13.3 Å². The minimum absolute atomic E-state index is 0.0338. The number of methoxy groups -OCH3 is 1. The van der Waals surface area contributed by atoms with E-state index in [0.717, 1.165) is 6.42 Å². The van der Waals surface area contributed by atoms with Crippen molar-refractivity contribution in [2.75, 3.05) is 20.3 Å². The molecule has 1 aromatic heterocycles. The lowest BCUT2D eigenvalue weighted by atomic mass is 10.1. The van der Waals surface area contributed by atoms with E-state index in [4.69, 9.17) is 20.2 Å². The van der Waals surface area contributed by atoms with E-state index in [1.54, 1.807) is 7.11 Å². The van der Waals surface area contributed by atoms with Gasteiger partial charge in [-0.1, -0.05) is 0 Å². The Labute approximate surface area is 116 Å². The standard InChI is InChI=1S/C10H16ClN3O4S/c1-7-5-8(6-18-7)9-12-13-10(19(11,15)16)14(9)3-4-17-2/h7-8H,3-6H2,1-2H3. The smallest absolute Gasteiger partial charge is 0.296 e. The molecule has 2 rings (SSSR count). The van der Waals surface area contributed by atoms with E-state index in [1.807, 2.05) is 6.92 Å². The van der Waals surface area contributed by atoms with E-state index in [2.05, 4.69) is 10.2 Å². The normalized spacial score (nSPS) is 23.9. The molecule has 108 valence electrons. The summed E-state index contributed by atoms with van der Waals surface area (Å²) in [5.41, 5.74) is 0. The summed E-state index contributed by atoms with van der Waals surface area (Å²) in [4.78, 5) is 0. The summed E-state index contributed by atoms with van der Waals surface area (Å²) in [7, 11) is 2.99. The fourth-order valence-corrected chi connectivity index (χ4v) is 3.10. The van der Waals surface area contributed by atoms with Gasteiger partial charge in [-0.2, -0.15) is 0 Å². The molecule has 1 aliphatic rings. The Morgan fingerprint density at radius 2 is 2.26 bits per heavy atom. The number of hydrogen-bond acceptors (Lipinski definition) is 6. The number of aromatic nitrogens is 3. The van der Waals surface area contributed by atoms with Crippen LogP contribution in [-0.4, -0.2) is 49.6 Å². The zero-order valence-electron chi connectivity index (χ0n) is 10.7. The minimum Gasteiger partial charge on any atom is -0.383 e. The van der Waals surface area contributed by atoms with E-state index in [1.165, 1.54) is 4.57 Å². The van der Waals surface area contributed by atoms with Gasteiger partial charge in [-0.15, -0.1) is 10.2 Å². The van der Waals surface area contributed by atoms with Crippen LogP contribution in [0.5, 0.6) is 0 Å². The summed E-state index contributed by atoms with van der Waals surface area (Å²) >= 11 is 0. The molecule has 0 N–H and O–H groups in total. The average molecular weight is 310 g/mol. The number of nitrogens with zero attached hydrogens (tertiary/aromatic N) is 3. The molecular formula is C10H16ClN3O4S. The van der Waals surface area contributed by atoms with Crippen LogP contribution in [0.3, 0.4) is 0 Å². The van der Waals surface area contributed by atoms with Gasteiger partial charge in [0.25, 0.3) is 14.2 Å². The maximum atomic E-state index is 11.5. The van der Waals surface area contributed by atoms with E-state index in [-0.39, 0.29) is 17.2 Å². The summed E-state index contributed by atoms with van der Waals surface area (Å²) in [6, 6.07) is 0. The van der Waals surface area contributed by atoms with Crippen LogP contribution in [0, 0.1) is 0 Å². The monoisotopic (exact) mass is 309 g/mol. The second kappa shape index (κ2) is 5.74. The summed E-state index contributed by atoms with van der Waals surface area (Å²) in [5.74, 6) is 0.618. The fourth-order valence-electron chi connectivity index (χ4n) is 2.17. The van der Waals surface area contributed by atoms with E-state index >= 15 is 0 Å². The average Bonchev–Trinajstić information content (AvgIpc) is 2.91. The largest absolute Gasteiger partial charge is 0.383 e. The zero-order chi connectivity index (χ0) is 14.0. The number of halogens is 1. The molecule has 2 atom stereocenters. The predicted molar refractivity (Wildman–Crippen MR) is 67.7 cm³/mol. The predicted octanol–water partition coefficient (Wildman–Crippen LogP) is 0.744. The van der Waals surface area contributed by atoms with Crippen molar-refractivity contribution in [2.45, 2.75) is 37.1 Å². The van der Waals surface area contributed by atoms with Crippen molar-refractivity contribution in [1.29, 1.82) is 0 Å². The molecule has 0 radical (unpaired) electrons. The topological polar surface area (TPSA) is 83.3 Å². The summed E-state index contributed by atoms with van der Waals surface area (Å²) in [6.45, 7) is 3.17. The molecule has 1 aromatic rings. The van der Waals surface area contributed by atoms with Gasteiger partial charge in [0.1, 0.15) is 5.82 Å². The molecule has 0 bridgehead atoms. The molecule has 0 saturated carbocycles. The molecule has 7 nitrogen and oxygen atoms in total. The first kappa shape index (κ1) is 14.7. The van der Waals surface area contributed by atoms with Crippen molar-refractivity contribution < 1.29 is 17.9 Å². The Morgan fingerprint density at radius 3 is 2.79 bits per heavy atom. The van der Waals surface area contributed by atoms with Crippen LogP contribution in [0.2, 0.25) is 0 Å². The summed E-state index contributed by atoms with van der Waals surface area (Å²) < 4.78 is 34.9. The molecule has 2 heterocycles. The molecule has 1 saturated heterocycles. The molecule has 1 fully saturated rings.